The summed E-state index contributed by atoms with van der Waals surface area (Å²) in [6.07, 6.45) is 1.48. The van der Waals surface area contributed by atoms with Crippen LogP contribution in [0.1, 0.15) is 40.5 Å². The van der Waals surface area contributed by atoms with E-state index in [1.165, 1.54) is 6.92 Å². The summed E-state index contributed by atoms with van der Waals surface area (Å²) in [5.74, 6) is 0.139. The van der Waals surface area contributed by atoms with Gasteiger partial charge < -0.3 is 9.47 Å². The molecule has 4 nitrogen and oxygen atoms in total. The molecule has 0 fully saturated rings. The third kappa shape index (κ3) is 2.26. The predicted molar refractivity (Wildman–Crippen MR) is 86.9 cm³/mol. The Morgan fingerprint density at radius 1 is 1.30 bits per heavy atom. The fourth-order valence-corrected chi connectivity index (χ4v) is 4.56. The van der Waals surface area contributed by atoms with Gasteiger partial charge >= 0.3 is 11.9 Å². The van der Waals surface area contributed by atoms with Crippen LogP contribution in [0.25, 0.3) is 0 Å². The lowest BCUT2D eigenvalue weighted by Crippen LogP contribution is -2.45. The fourth-order valence-electron chi connectivity index (χ4n) is 3.74. The number of allylic oxidation sites excluding steroid dienone is 4. The van der Waals surface area contributed by atoms with Crippen LogP contribution in [0.5, 0.6) is 0 Å². The van der Waals surface area contributed by atoms with Gasteiger partial charge in [0.05, 0.1) is 5.38 Å². The Morgan fingerprint density at radius 2 is 1.96 bits per heavy atom. The molecule has 3 atom stereocenters. The zero-order valence-electron chi connectivity index (χ0n) is 13.5. The number of ether oxygens (including phenoxy) is 2. The second-order valence-electron chi connectivity index (χ2n) is 6.50. The van der Waals surface area contributed by atoms with E-state index in [2.05, 4.69) is 0 Å². The number of esters is 2. The van der Waals surface area contributed by atoms with Gasteiger partial charge in [0.15, 0.2) is 0 Å². The number of carbonyl (C=O) groups excluding carboxylic acids is 2. The number of halogens is 2. The molecule has 0 N–H and O–H groups in total. The number of fused-ring (bicyclic) bond motifs is 2. The summed E-state index contributed by atoms with van der Waals surface area (Å²) in [5, 5.41) is -1.08. The summed E-state index contributed by atoms with van der Waals surface area (Å²) in [7, 11) is 0. The van der Waals surface area contributed by atoms with Crippen molar-refractivity contribution in [1.82, 2.24) is 0 Å². The van der Waals surface area contributed by atoms with Gasteiger partial charge in [-0.3, -0.25) is 4.79 Å². The van der Waals surface area contributed by atoms with Crippen LogP contribution in [-0.2, 0) is 19.1 Å². The van der Waals surface area contributed by atoms with E-state index in [-0.39, 0.29) is 5.97 Å². The highest BCUT2D eigenvalue weighted by molar-refractivity contribution is 6.32. The van der Waals surface area contributed by atoms with Crippen LogP contribution in [0.3, 0.4) is 0 Å². The molecular formula is C17H18Cl2O4. The Hall–Kier alpha value is -1.26. The molecule has 2 aliphatic carbocycles. The first-order valence-electron chi connectivity index (χ1n) is 7.53. The maximum absolute atomic E-state index is 12.0. The van der Waals surface area contributed by atoms with Crippen molar-refractivity contribution in [2.75, 3.05) is 0 Å². The van der Waals surface area contributed by atoms with E-state index < -0.39 is 22.1 Å². The van der Waals surface area contributed by atoms with Crippen LogP contribution in [0.4, 0.5) is 0 Å². The van der Waals surface area contributed by atoms with Crippen LogP contribution >= 0.6 is 23.2 Å². The third-order valence-electron chi connectivity index (χ3n) is 5.03. The topological polar surface area (TPSA) is 52.6 Å². The number of rotatable bonds is 1. The van der Waals surface area contributed by atoms with Crippen molar-refractivity contribution in [3.05, 3.63) is 33.8 Å². The Labute approximate surface area is 145 Å². The number of alkyl halides is 2. The summed E-state index contributed by atoms with van der Waals surface area (Å²) in [6.45, 7) is 6.95. The Morgan fingerprint density at radius 3 is 2.57 bits per heavy atom. The minimum Gasteiger partial charge on any atom is -0.429 e. The van der Waals surface area contributed by atoms with Gasteiger partial charge in [-0.1, -0.05) is 6.92 Å². The molecule has 124 valence electrons. The number of carbonyl (C=O) groups is 2. The second kappa shape index (κ2) is 5.38. The van der Waals surface area contributed by atoms with Gasteiger partial charge in [0.1, 0.15) is 16.9 Å². The van der Waals surface area contributed by atoms with E-state index >= 15 is 0 Å². The lowest BCUT2D eigenvalue weighted by atomic mass is 9.63. The average molecular weight is 357 g/mol. The average Bonchev–Trinajstić information content (AvgIpc) is 2.76. The van der Waals surface area contributed by atoms with Crippen molar-refractivity contribution in [2.45, 2.75) is 51.3 Å². The molecule has 0 radical (unpaired) electrons. The Bertz CT molecular complexity index is 716. The van der Waals surface area contributed by atoms with E-state index in [0.29, 0.717) is 17.1 Å². The molecule has 6 heteroatoms. The SMILES string of the molecule is CC(=O)OC1=C(C)C2=C3OC(=O)C(C)=C3CCC2(C)C(Cl)C1Cl. The van der Waals surface area contributed by atoms with Crippen LogP contribution in [0.2, 0.25) is 0 Å². The molecule has 0 saturated carbocycles. The van der Waals surface area contributed by atoms with E-state index in [4.69, 9.17) is 32.7 Å². The van der Waals surface area contributed by atoms with Crippen molar-refractivity contribution in [1.29, 1.82) is 0 Å². The highest BCUT2D eigenvalue weighted by atomic mass is 35.5. The third-order valence-corrected chi connectivity index (χ3v) is 6.35. The molecule has 0 aromatic carbocycles. The summed E-state index contributed by atoms with van der Waals surface area (Å²) >= 11 is 13.1. The smallest absolute Gasteiger partial charge is 0.339 e. The van der Waals surface area contributed by atoms with Gasteiger partial charge in [-0.2, -0.15) is 0 Å². The van der Waals surface area contributed by atoms with E-state index in [9.17, 15) is 9.59 Å². The van der Waals surface area contributed by atoms with E-state index in [0.717, 1.165) is 29.6 Å². The normalized spacial score (nSPS) is 33.6. The molecule has 1 heterocycles. The van der Waals surface area contributed by atoms with Crippen LogP contribution in [-0.4, -0.2) is 22.7 Å². The first-order valence-corrected chi connectivity index (χ1v) is 8.40. The molecule has 0 saturated heterocycles. The lowest BCUT2D eigenvalue weighted by molar-refractivity contribution is -0.137. The molecule has 3 unspecified atom stereocenters. The van der Waals surface area contributed by atoms with Crippen LogP contribution < -0.4 is 0 Å². The van der Waals surface area contributed by atoms with Crippen molar-refractivity contribution in [3.63, 3.8) is 0 Å². The van der Waals surface area contributed by atoms with Crippen molar-refractivity contribution in [2.24, 2.45) is 5.41 Å². The Balaban J connectivity index is 2.27. The van der Waals surface area contributed by atoms with Gasteiger partial charge in [-0.25, -0.2) is 4.79 Å². The largest absolute Gasteiger partial charge is 0.429 e. The molecule has 0 spiro atoms. The van der Waals surface area contributed by atoms with Gasteiger partial charge in [0, 0.05) is 29.1 Å². The van der Waals surface area contributed by atoms with E-state index in [1.807, 2.05) is 13.8 Å². The molecule has 0 amide bonds. The number of hydrogen-bond donors (Lipinski definition) is 0. The molecule has 0 aromatic heterocycles. The summed E-state index contributed by atoms with van der Waals surface area (Å²) in [4.78, 5) is 23.4. The number of hydrogen-bond acceptors (Lipinski definition) is 4. The first-order chi connectivity index (χ1) is 10.7. The van der Waals surface area contributed by atoms with Gasteiger partial charge in [-0.05, 0) is 32.3 Å². The second-order valence-corrected chi connectivity index (χ2v) is 7.44. The monoisotopic (exact) mass is 356 g/mol. The fraction of sp³-hybridized carbons (Fsp3) is 0.529. The standard InChI is InChI=1S/C17H18Cl2O4/c1-7-10-5-6-17(4)11(14(10)23-16(7)21)8(2)13(22-9(3)20)12(18)15(17)19/h12,15H,5-6H2,1-4H3. The highest BCUT2D eigenvalue weighted by Gasteiger charge is 2.53. The predicted octanol–water partition coefficient (Wildman–Crippen LogP) is 3.98. The maximum atomic E-state index is 12.0. The molecule has 3 aliphatic rings. The van der Waals surface area contributed by atoms with Gasteiger partial charge in [0.2, 0.25) is 0 Å². The first kappa shape index (κ1) is 16.6. The lowest BCUT2D eigenvalue weighted by Gasteiger charge is -2.46. The van der Waals surface area contributed by atoms with Crippen LogP contribution in [0, 0.1) is 5.41 Å². The quantitative estimate of drug-likeness (QED) is 0.526. The summed E-state index contributed by atoms with van der Waals surface area (Å²) in [6, 6.07) is 0. The molecule has 3 rings (SSSR count). The summed E-state index contributed by atoms with van der Waals surface area (Å²) < 4.78 is 10.8. The Kier molecular flexibility index (Phi) is 3.88. The molecular weight excluding hydrogens is 339 g/mol. The van der Waals surface area contributed by atoms with Crippen LogP contribution in [0.15, 0.2) is 33.8 Å². The maximum Gasteiger partial charge on any atom is 0.339 e. The molecule has 0 aromatic rings. The molecule has 23 heavy (non-hydrogen) atoms. The van der Waals surface area contributed by atoms with Gasteiger partial charge in [-0.15, -0.1) is 23.2 Å². The highest BCUT2D eigenvalue weighted by Crippen LogP contribution is 2.57. The van der Waals surface area contributed by atoms with Crippen molar-refractivity contribution in [3.8, 4) is 0 Å². The summed E-state index contributed by atoms with van der Waals surface area (Å²) in [5.41, 5.74) is 2.67. The van der Waals surface area contributed by atoms with Crippen molar-refractivity contribution >= 4 is 35.1 Å². The van der Waals surface area contributed by atoms with E-state index in [1.54, 1.807) is 6.92 Å². The minimum absolute atomic E-state index is 0.326. The molecule has 0 bridgehead atoms. The molecule has 1 aliphatic heterocycles. The zero-order valence-corrected chi connectivity index (χ0v) is 15.0. The van der Waals surface area contributed by atoms with Crippen molar-refractivity contribution < 1.29 is 19.1 Å². The van der Waals surface area contributed by atoms with Gasteiger partial charge in [0.25, 0.3) is 0 Å². The minimum atomic E-state index is -0.612. The zero-order chi connectivity index (χ0) is 17.1.